The lowest BCUT2D eigenvalue weighted by Crippen LogP contribution is -1.86. The molecule has 0 unspecified atom stereocenters. The third kappa shape index (κ3) is 3.25. The fraction of sp³-hybridized carbons (Fsp3) is 0.154. The molecule has 10 nitrogen and oxygen atoms in total. The molecule has 0 fully saturated rings. The Labute approximate surface area is 140 Å². The Kier molecular flexibility index (Phi) is 4.24. The molecule has 2 heterocycles. The number of azo groups is 2. The molecule has 1 aromatic carbocycles. The molecule has 0 radical (unpaired) electrons. The molecule has 0 saturated heterocycles. The van der Waals surface area contributed by atoms with Crippen molar-refractivity contribution in [3.63, 3.8) is 0 Å². The van der Waals surface area contributed by atoms with Gasteiger partial charge in [0, 0.05) is 24.6 Å². The number of benzene rings is 1. The molecule has 0 bridgehead atoms. The average Bonchev–Trinajstić information content (AvgIpc) is 3.15. The van der Waals surface area contributed by atoms with Crippen molar-refractivity contribution in [2.24, 2.45) is 27.5 Å². The SMILES string of the molecule is Cc1nsc(/N=N/c2ccc(O)c(/N=N/c3ccnn3C)c2O)n1. The summed E-state index contributed by atoms with van der Waals surface area (Å²) < 4.78 is 5.48. The first-order chi connectivity index (χ1) is 11.5. The molecule has 0 amide bonds. The van der Waals surface area contributed by atoms with Crippen molar-refractivity contribution >= 4 is 33.9 Å². The summed E-state index contributed by atoms with van der Waals surface area (Å²) in [4.78, 5) is 4.04. The van der Waals surface area contributed by atoms with Crippen molar-refractivity contribution in [1.29, 1.82) is 0 Å². The van der Waals surface area contributed by atoms with E-state index in [2.05, 4.69) is 34.9 Å². The molecule has 0 aliphatic rings. The molecule has 24 heavy (non-hydrogen) atoms. The van der Waals surface area contributed by atoms with Crippen LogP contribution in [0.1, 0.15) is 5.82 Å². The first-order valence-corrected chi connectivity index (χ1v) is 7.48. The van der Waals surface area contributed by atoms with Gasteiger partial charge in [0.05, 0.1) is 6.20 Å². The number of rotatable bonds is 4. The number of nitrogens with zero attached hydrogens (tertiary/aromatic N) is 8. The second-order valence-corrected chi connectivity index (χ2v) is 5.37. The molecule has 2 N–H and O–H groups in total. The molecule has 11 heteroatoms. The normalized spacial score (nSPS) is 11.8. The zero-order valence-corrected chi connectivity index (χ0v) is 13.5. The first-order valence-electron chi connectivity index (χ1n) is 6.71. The number of phenols is 2. The van der Waals surface area contributed by atoms with Crippen LogP contribution in [0.2, 0.25) is 0 Å². The van der Waals surface area contributed by atoms with Gasteiger partial charge in [-0.2, -0.15) is 9.47 Å². The van der Waals surface area contributed by atoms with E-state index in [4.69, 9.17) is 0 Å². The smallest absolute Gasteiger partial charge is 0.249 e. The van der Waals surface area contributed by atoms with Gasteiger partial charge in [0.15, 0.2) is 17.3 Å². The van der Waals surface area contributed by atoms with E-state index in [9.17, 15) is 10.2 Å². The third-order valence-electron chi connectivity index (χ3n) is 2.92. The fourth-order valence-corrected chi connectivity index (χ4v) is 2.23. The Morgan fingerprint density at radius 1 is 1.08 bits per heavy atom. The largest absolute Gasteiger partial charge is 0.505 e. The Balaban J connectivity index is 1.91. The monoisotopic (exact) mass is 344 g/mol. The number of hydrogen-bond acceptors (Lipinski definition) is 10. The van der Waals surface area contributed by atoms with Gasteiger partial charge < -0.3 is 10.2 Å². The molecular weight excluding hydrogens is 332 g/mol. The molecule has 0 atom stereocenters. The van der Waals surface area contributed by atoms with Crippen molar-refractivity contribution in [3.05, 3.63) is 30.2 Å². The molecule has 0 aliphatic carbocycles. The zero-order valence-electron chi connectivity index (χ0n) is 12.7. The molecule has 0 saturated carbocycles. The van der Waals surface area contributed by atoms with Gasteiger partial charge in [0.25, 0.3) is 0 Å². The lowest BCUT2D eigenvalue weighted by molar-refractivity contribution is 0.453. The quantitative estimate of drug-likeness (QED) is 0.694. The maximum absolute atomic E-state index is 10.2. The van der Waals surface area contributed by atoms with E-state index in [0.717, 1.165) is 11.5 Å². The van der Waals surface area contributed by atoms with E-state index in [1.54, 1.807) is 26.2 Å². The Hall–Kier alpha value is -3.21. The van der Waals surface area contributed by atoms with Gasteiger partial charge in [0.2, 0.25) is 5.13 Å². The molecule has 0 aliphatic heterocycles. The number of aromatic hydroxyl groups is 2. The van der Waals surface area contributed by atoms with E-state index in [1.165, 1.54) is 16.8 Å². The molecule has 3 aromatic rings. The maximum Gasteiger partial charge on any atom is 0.249 e. The summed E-state index contributed by atoms with van der Waals surface area (Å²) in [5.74, 6) is 0.481. The maximum atomic E-state index is 10.2. The van der Waals surface area contributed by atoms with Crippen molar-refractivity contribution in [2.75, 3.05) is 0 Å². The number of phenolic OH excluding ortho intramolecular Hbond substituents is 2. The van der Waals surface area contributed by atoms with E-state index in [1.807, 2.05) is 0 Å². The minimum Gasteiger partial charge on any atom is -0.505 e. The summed E-state index contributed by atoms with van der Waals surface area (Å²) in [6.07, 6.45) is 1.56. The molecule has 0 spiro atoms. The van der Waals surface area contributed by atoms with Crippen molar-refractivity contribution in [1.82, 2.24) is 19.1 Å². The molecule has 3 rings (SSSR count). The highest BCUT2D eigenvalue weighted by Crippen LogP contribution is 2.43. The highest BCUT2D eigenvalue weighted by molar-refractivity contribution is 7.09. The number of aryl methyl sites for hydroxylation is 2. The molecular formula is C13H12N8O2S. The van der Waals surface area contributed by atoms with Gasteiger partial charge >= 0.3 is 0 Å². The average molecular weight is 344 g/mol. The first kappa shape index (κ1) is 15.7. The lowest BCUT2D eigenvalue weighted by atomic mass is 10.2. The predicted octanol–water partition coefficient (Wildman–Crippen LogP) is 3.82. The van der Waals surface area contributed by atoms with Gasteiger partial charge in [-0.3, -0.25) is 0 Å². The summed E-state index contributed by atoms with van der Waals surface area (Å²) in [5.41, 5.74) is 0.0145. The highest BCUT2D eigenvalue weighted by Gasteiger charge is 2.12. The second kappa shape index (κ2) is 6.50. The topological polar surface area (TPSA) is 134 Å². The summed E-state index contributed by atoms with van der Waals surface area (Å²) in [5, 5.41) is 40.0. The van der Waals surface area contributed by atoms with Gasteiger partial charge in [-0.15, -0.1) is 20.5 Å². The Morgan fingerprint density at radius 2 is 1.92 bits per heavy atom. The fourth-order valence-electron chi connectivity index (χ4n) is 1.73. The van der Waals surface area contributed by atoms with Crippen molar-refractivity contribution < 1.29 is 10.2 Å². The minimum absolute atomic E-state index is 0.110. The van der Waals surface area contributed by atoms with Gasteiger partial charge in [0.1, 0.15) is 17.3 Å². The number of hydrogen-bond donors (Lipinski definition) is 2. The van der Waals surface area contributed by atoms with Crippen LogP contribution in [0.25, 0.3) is 0 Å². The van der Waals surface area contributed by atoms with E-state index >= 15 is 0 Å². The Morgan fingerprint density at radius 3 is 2.58 bits per heavy atom. The minimum atomic E-state index is -0.342. The standard InChI is InChI=1S/C13H12N8O2S/c1-7-15-13(24-20-7)19-16-8-3-4-9(22)11(12(8)23)18-17-10-5-6-14-21(10)2/h3-6,22-23H,1-2H3/b18-17+,19-16+. The van der Waals surface area contributed by atoms with Crippen LogP contribution < -0.4 is 0 Å². The molecule has 2 aromatic heterocycles. The van der Waals surface area contributed by atoms with E-state index in [0.29, 0.717) is 16.8 Å². The van der Waals surface area contributed by atoms with E-state index < -0.39 is 0 Å². The number of aromatic nitrogens is 4. The predicted molar refractivity (Wildman–Crippen MR) is 86.0 cm³/mol. The van der Waals surface area contributed by atoms with Crippen LogP contribution in [0, 0.1) is 6.92 Å². The van der Waals surface area contributed by atoms with Crippen LogP contribution in [-0.4, -0.2) is 29.4 Å². The van der Waals surface area contributed by atoms with Crippen LogP contribution in [-0.2, 0) is 7.05 Å². The van der Waals surface area contributed by atoms with Crippen molar-refractivity contribution in [3.8, 4) is 11.5 Å². The summed E-state index contributed by atoms with van der Waals surface area (Å²) in [7, 11) is 1.70. The van der Waals surface area contributed by atoms with Gasteiger partial charge in [-0.25, -0.2) is 9.67 Å². The van der Waals surface area contributed by atoms with Gasteiger partial charge in [-0.1, -0.05) is 0 Å². The molecule has 122 valence electrons. The van der Waals surface area contributed by atoms with Crippen molar-refractivity contribution in [2.45, 2.75) is 6.92 Å². The van der Waals surface area contributed by atoms with E-state index in [-0.39, 0.29) is 22.9 Å². The van der Waals surface area contributed by atoms with Crippen LogP contribution in [0.5, 0.6) is 11.5 Å². The third-order valence-corrected chi connectivity index (χ3v) is 3.61. The van der Waals surface area contributed by atoms with Crippen LogP contribution in [0.15, 0.2) is 44.9 Å². The lowest BCUT2D eigenvalue weighted by Gasteiger charge is -2.03. The van der Waals surface area contributed by atoms with Gasteiger partial charge in [-0.05, 0) is 19.1 Å². The second-order valence-electron chi connectivity index (χ2n) is 4.64. The zero-order chi connectivity index (χ0) is 17.1. The summed E-state index contributed by atoms with van der Waals surface area (Å²) >= 11 is 1.09. The van der Waals surface area contributed by atoms with Crippen LogP contribution in [0.4, 0.5) is 22.3 Å². The van der Waals surface area contributed by atoms with Crippen LogP contribution in [0.3, 0.4) is 0 Å². The summed E-state index contributed by atoms with van der Waals surface area (Å²) in [6, 6.07) is 4.39. The summed E-state index contributed by atoms with van der Waals surface area (Å²) in [6.45, 7) is 1.74. The Bertz CT molecular complexity index is 930. The highest BCUT2D eigenvalue weighted by atomic mass is 32.1. The van der Waals surface area contributed by atoms with Crippen LogP contribution >= 0.6 is 11.5 Å².